The molecule has 2 unspecified atom stereocenters. The number of nitrogens with two attached hydrogens (primary N) is 1. The summed E-state index contributed by atoms with van der Waals surface area (Å²) in [7, 11) is 0. The maximum atomic E-state index is 12.2. The first-order chi connectivity index (χ1) is 12.4. The van der Waals surface area contributed by atoms with Crippen molar-refractivity contribution in [3.8, 4) is 0 Å². The van der Waals surface area contributed by atoms with E-state index in [1.165, 1.54) is 0 Å². The number of amides is 1. The SMILES string of the molecule is CCCC(N)=C(Cl)C(=N)C(=O)Nc1ccc(C23CCC(CO2)NC3)cc1. The van der Waals surface area contributed by atoms with Crippen LogP contribution in [0, 0.1) is 5.41 Å². The van der Waals surface area contributed by atoms with Crippen LogP contribution in [0.3, 0.4) is 0 Å². The van der Waals surface area contributed by atoms with Gasteiger partial charge in [-0.1, -0.05) is 37.1 Å². The first kappa shape index (κ1) is 18.9. The van der Waals surface area contributed by atoms with Crippen LogP contribution in [0.15, 0.2) is 35.0 Å². The molecule has 140 valence electrons. The molecule has 1 amide bonds. The number of carbonyl (C=O) groups excluding carboxylic acids is 1. The Morgan fingerprint density at radius 2 is 2.19 bits per heavy atom. The smallest absolute Gasteiger partial charge is 0.275 e. The van der Waals surface area contributed by atoms with Crippen molar-refractivity contribution in [2.75, 3.05) is 18.5 Å². The van der Waals surface area contributed by atoms with Crippen LogP contribution in [-0.2, 0) is 15.1 Å². The van der Waals surface area contributed by atoms with E-state index in [1.807, 2.05) is 31.2 Å². The molecule has 0 spiro atoms. The number of anilines is 1. The third-order valence-electron chi connectivity index (χ3n) is 5.05. The van der Waals surface area contributed by atoms with Crippen LogP contribution < -0.4 is 16.4 Å². The van der Waals surface area contributed by atoms with Gasteiger partial charge in [-0.3, -0.25) is 10.2 Å². The first-order valence-corrected chi connectivity index (χ1v) is 9.35. The number of benzene rings is 1. The number of halogens is 1. The molecule has 0 saturated carbocycles. The Hall–Kier alpha value is -1.89. The number of carbonyl (C=O) groups is 1. The molecular formula is C19H25ClN4O2. The van der Waals surface area contributed by atoms with Crippen LogP contribution in [-0.4, -0.2) is 30.8 Å². The minimum atomic E-state index is -0.573. The maximum Gasteiger partial charge on any atom is 0.275 e. The standard InChI is InChI=1S/C19H25ClN4O2/c1-2-3-15(21)16(20)17(22)18(25)24-13-6-4-12(5-7-13)19-9-8-14(10-26-19)23-11-19/h4-7,14,22-23H,2-3,8-11,21H2,1H3,(H,24,25). The van der Waals surface area contributed by atoms with Gasteiger partial charge in [-0.25, -0.2) is 0 Å². The highest BCUT2D eigenvalue weighted by molar-refractivity contribution is 6.60. The van der Waals surface area contributed by atoms with Gasteiger partial charge in [-0.05, 0) is 37.0 Å². The normalized spacial score (nSPS) is 25.5. The summed E-state index contributed by atoms with van der Waals surface area (Å²) < 4.78 is 6.07. The molecular weight excluding hydrogens is 352 g/mol. The zero-order chi connectivity index (χ0) is 18.7. The molecule has 26 heavy (non-hydrogen) atoms. The lowest BCUT2D eigenvalue weighted by Gasteiger charge is -2.47. The number of ether oxygens (including phenoxy) is 1. The van der Waals surface area contributed by atoms with E-state index in [9.17, 15) is 4.79 Å². The average Bonchev–Trinajstić information content (AvgIpc) is 2.69. The van der Waals surface area contributed by atoms with Crippen LogP contribution in [0.4, 0.5) is 5.69 Å². The van der Waals surface area contributed by atoms with Crippen molar-refractivity contribution in [3.05, 3.63) is 40.6 Å². The van der Waals surface area contributed by atoms with Crippen molar-refractivity contribution in [2.24, 2.45) is 5.73 Å². The number of piperidine rings is 1. The summed E-state index contributed by atoms with van der Waals surface area (Å²) in [4.78, 5) is 12.2. The minimum Gasteiger partial charge on any atom is -0.401 e. The molecule has 1 aromatic rings. The highest BCUT2D eigenvalue weighted by Gasteiger charge is 2.42. The van der Waals surface area contributed by atoms with Gasteiger partial charge in [-0.2, -0.15) is 0 Å². The minimum absolute atomic E-state index is 0.0123. The van der Waals surface area contributed by atoms with Gasteiger partial charge in [0.05, 0.1) is 11.6 Å². The second-order valence-electron chi connectivity index (χ2n) is 6.92. The molecule has 3 heterocycles. The maximum absolute atomic E-state index is 12.2. The highest BCUT2D eigenvalue weighted by atomic mass is 35.5. The number of hydrogen-bond acceptors (Lipinski definition) is 5. The van der Waals surface area contributed by atoms with Crippen LogP contribution in [0.2, 0.25) is 0 Å². The zero-order valence-electron chi connectivity index (χ0n) is 14.9. The number of nitrogens with one attached hydrogen (secondary N) is 3. The second kappa shape index (κ2) is 7.78. The summed E-state index contributed by atoms with van der Waals surface area (Å²) >= 11 is 6.04. The quantitative estimate of drug-likeness (QED) is 0.573. The van der Waals surface area contributed by atoms with Gasteiger partial charge in [0.25, 0.3) is 5.91 Å². The van der Waals surface area contributed by atoms with Crippen molar-refractivity contribution in [1.82, 2.24) is 5.32 Å². The molecule has 3 saturated heterocycles. The Bertz CT molecular complexity index is 708. The molecule has 3 fully saturated rings. The molecule has 0 aromatic heterocycles. The monoisotopic (exact) mass is 376 g/mol. The zero-order valence-corrected chi connectivity index (χ0v) is 15.7. The largest absolute Gasteiger partial charge is 0.401 e. The van der Waals surface area contributed by atoms with E-state index in [2.05, 4.69) is 10.6 Å². The Morgan fingerprint density at radius 1 is 1.46 bits per heavy atom. The molecule has 2 atom stereocenters. The van der Waals surface area contributed by atoms with E-state index >= 15 is 0 Å². The fourth-order valence-electron chi connectivity index (χ4n) is 3.45. The van der Waals surface area contributed by atoms with E-state index in [4.69, 9.17) is 27.5 Å². The molecule has 0 aliphatic carbocycles. The van der Waals surface area contributed by atoms with Crippen molar-refractivity contribution in [2.45, 2.75) is 44.2 Å². The molecule has 3 aliphatic heterocycles. The second-order valence-corrected chi connectivity index (χ2v) is 7.30. The summed E-state index contributed by atoms with van der Waals surface area (Å²) in [5, 5.41) is 14.1. The van der Waals surface area contributed by atoms with Crippen molar-refractivity contribution in [3.63, 3.8) is 0 Å². The number of morpholine rings is 1. The Kier molecular flexibility index (Phi) is 5.65. The molecule has 3 aliphatic rings. The van der Waals surface area contributed by atoms with Crippen LogP contribution in [0.1, 0.15) is 38.2 Å². The van der Waals surface area contributed by atoms with Crippen LogP contribution in [0.5, 0.6) is 0 Å². The van der Waals surface area contributed by atoms with E-state index in [-0.39, 0.29) is 16.3 Å². The average molecular weight is 377 g/mol. The first-order valence-electron chi connectivity index (χ1n) is 8.97. The topological polar surface area (TPSA) is 100 Å². The van der Waals surface area contributed by atoms with Crippen molar-refractivity contribution in [1.29, 1.82) is 5.41 Å². The Balaban J connectivity index is 1.67. The van der Waals surface area contributed by atoms with E-state index in [0.29, 0.717) is 23.8 Å². The summed E-state index contributed by atoms with van der Waals surface area (Å²) in [6.45, 7) is 3.50. The predicted molar refractivity (Wildman–Crippen MR) is 103 cm³/mol. The van der Waals surface area contributed by atoms with Crippen molar-refractivity contribution >= 4 is 28.9 Å². The number of hydrogen-bond donors (Lipinski definition) is 4. The number of fused-ring (bicyclic) bond motifs is 3. The summed E-state index contributed by atoms with van der Waals surface area (Å²) in [5.74, 6) is -0.573. The van der Waals surface area contributed by atoms with Crippen molar-refractivity contribution < 1.29 is 9.53 Å². The third-order valence-corrected chi connectivity index (χ3v) is 5.48. The van der Waals surface area contributed by atoms with Gasteiger partial charge in [0.15, 0.2) is 0 Å². The number of rotatable bonds is 6. The van der Waals surface area contributed by atoms with Gasteiger partial charge < -0.3 is 21.1 Å². The summed E-state index contributed by atoms with van der Waals surface area (Å²) in [6.07, 6.45) is 3.47. The number of allylic oxidation sites excluding steroid dienone is 1. The van der Waals surface area contributed by atoms with Gasteiger partial charge in [0, 0.05) is 24.0 Å². The Morgan fingerprint density at radius 3 is 2.73 bits per heavy atom. The van der Waals surface area contributed by atoms with Crippen LogP contribution >= 0.6 is 11.6 Å². The lowest BCUT2D eigenvalue weighted by molar-refractivity contribution is -0.129. The fraction of sp³-hybridized carbons (Fsp3) is 0.474. The van der Waals surface area contributed by atoms with Gasteiger partial charge in [-0.15, -0.1) is 0 Å². The molecule has 6 nitrogen and oxygen atoms in total. The van der Waals surface area contributed by atoms with E-state index in [1.54, 1.807) is 0 Å². The molecule has 5 N–H and O–H groups in total. The summed E-state index contributed by atoms with van der Waals surface area (Å²) in [5.41, 5.74) is 7.28. The Labute approximate surface area is 158 Å². The molecule has 4 rings (SSSR count). The lowest BCUT2D eigenvalue weighted by Crippen LogP contribution is -2.57. The van der Waals surface area contributed by atoms with E-state index < -0.39 is 5.91 Å². The summed E-state index contributed by atoms with van der Waals surface area (Å²) in [6, 6.07) is 8.06. The van der Waals surface area contributed by atoms with Crippen LogP contribution in [0.25, 0.3) is 0 Å². The highest BCUT2D eigenvalue weighted by Crippen LogP contribution is 2.38. The van der Waals surface area contributed by atoms with Gasteiger partial charge in [0.1, 0.15) is 11.3 Å². The lowest BCUT2D eigenvalue weighted by atomic mass is 9.81. The predicted octanol–water partition coefficient (Wildman–Crippen LogP) is 2.83. The van der Waals surface area contributed by atoms with Gasteiger partial charge in [0.2, 0.25) is 0 Å². The molecule has 7 heteroatoms. The molecule has 0 radical (unpaired) electrons. The third kappa shape index (κ3) is 3.77. The molecule has 2 bridgehead atoms. The fourth-order valence-corrected chi connectivity index (χ4v) is 3.63. The van der Waals surface area contributed by atoms with Gasteiger partial charge >= 0.3 is 0 Å². The molecule has 1 aromatic carbocycles. The van der Waals surface area contributed by atoms with E-state index in [0.717, 1.165) is 38.0 Å².